The predicted octanol–water partition coefficient (Wildman–Crippen LogP) is 0.448. The number of nitrogens with one attached hydrogen (secondary N) is 2. The van der Waals surface area contributed by atoms with E-state index in [9.17, 15) is 9.59 Å². The molecule has 7 nitrogen and oxygen atoms in total. The molecular weight excluding hydrogens is 252 g/mol. The largest absolute Gasteiger partial charge is 0.481 e. The van der Waals surface area contributed by atoms with Gasteiger partial charge >= 0.3 is 12.0 Å². The zero-order valence-electron chi connectivity index (χ0n) is 11.8. The first kappa shape index (κ1) is 17.7. The van der Waals surface area contributed by atoms with E-state index in [1.165, 1.54) is 0 Å². The Morgan fingerprint density at radius 1 is 1.21 bits per heavy atom. The lowest BCUT2D eigenvalue weighted by atomic mass is 10.0. The average Bonchev–Trinajstić information content (AvgIpc) is 2.32. The summed E-state index contributed by atoms with van der Waals surface area (Å²) < 4.78 is 9.98. The third-order valence-electron chi connectivity index (χ3n) is 2.48. The molecule has 0 rings (SSSR count). The van der Waals surface area contributed by atoms with Crippen molar-refractivity contribution in [2.75, 3.05) is 33.5 Å². The number of carboxylic acid groups (broad SMARTS) is 1. The highest BCUT2D eigenvalue weighted by Crippen LogP contribution is 2.05. The summed E-state index contributed by atoms with van der Waals surface area (Å²) in [6.07, 6.45) is -0.0879. The molecule has 1 atom stereocenters. The molecule has 7 heteroatoms. The Labute approximate surface area is 113 Å². The standard InChI is InChI=1S/C12H24N2O5/c1-9(2)10(8-11(15)16)14-12(17)13-4-5-19-7-6-18-3/h9-10H,4-8H2,1-3H3,(H,15,16)(H2,13,14,17). The first-order valence-electron chi connectivity index (χ1n) is 6.30. The molecule has 0 spiro atoms. The number of urea groups is 1. The molecular formula is C12H24N2O5. The number of carboxylic acids is 1. The van der Waals surface area contributed by atoms with Crippen LogP contribution in [0.1, 0.15) is 20.3 Å². The maximum absolute atomic E-state index is 11.5. The molecule has 3 N–H and O–H groups in total. The molecule has 2 amide bonds. The van der Waals surface area contributed by atoms with Gasteiger partial charge in [0.1, 0.15) is 0 Å². The van der Waals surface area contributed by atoms with Gasteiger partial charge in [-0.15, -0.1) is 0 Å². The number of carbonyl (C=O) groups is 2. The Kier molecular flexibility index (Phi) is 9.82. The number of carbonyl (C=O) groups excluding carboxylic acids is 1. The third-order valence-corrected chi connectivity index (χ3v) is 2.48. The molecule has 0 aromatic carbocycles. The monoisotopic (exact) mass is 276 g/mol. The van der Waals surface area contributed by atoms with Crippen LogP contribution in [0.5, 0.6) is 0 Å². The molecule has 0 heterocycles. The van der Waals surface area contributed by atoms with Gasteiger partial charge in [-0.05, 0) is 5.92 Å². The normalized spacial score (nSPS) is 12.2. The van der Waals surface area contributed by atoms with Gasteiger partial charge < -0.3 is 25.2 Å². The van der Waals surface area contributed by atoms with Crippen LogP contribution >= 0.6 is 0 Å². The topological polar surface area (TPSA) is 96.9 Å². The highest BCUT2D eigenvalue weighted by molar-refractivity contribution is 5.75. The van der Waals surface area contributed by atoms with E-state index in [0.717, 1.165) is 0 Å². The van der Waals surface area contributed by atoms with Gasteiger partial charge in [0.2, 0.25) is 0 Å². The van der Waals surface area contributed by atoms with Gasteiger partial charge in [0.15, 0.2) is 0 Å². The van der Waals surface area contributed by atoms with Crippen LogP contribution in [0.2, 0.25) is 0 Å². The second kappa shape index (κ2) is 10.6. The third kappa shape index (κ3) is 10.3. The Morgan fingerprint density at radius 3 is 2.42 bits per heavy atom. The summed E-state index contributed by atoms with van der Waals surface area (Å²) in [4.78, 5) is 22.2. The second-order valence-corrected chi connectivity index (χ2v) is 4.45. The van der Waals surface area contributed by atoms with Crippen LogP contribution in [0.15, 0.2) is 0 Å². The van der Waals surface area contributed by atoms with Gasteiger partial charge in [0.25, 0.3) is 0 Å². The quantitative estimate of drug-likeness (QED) is 0.503. The fraction of sp³-hybridized carbons (Fsp3) is 0.833. The summed E-state index contributed by atoms with van der Waals surface area (Å²) in [5.41, 5.74) is 0. The molecule has 0 aliphatic heterocycles. The Bertz CT molecular complexity index is 271. The van der Waals surface area contributed by atoms with E-state index < -0.39 is 5.97 Å². The van der Waals surface area contributed by atoms with Gasteiger partial charge in [-0.25, -0.2) is 4.79 Å². The van der Waals surface area contributed by atoms with Crippen molar-refractivity contribution >= 4 is 12.0 Å². The van der Waals surface area contributed by atoms with Crippen molar-refractivity contribution < 1.29 is 24.2 Å². The smallest absolute Gasteiger partial charge is 0.315 e. The molecule has 0 radical (unpaired) electrons. The number of amides is 2. The molecule has 0 aromatic heterocycles. The molecule has 1 unspecified atom stereocenters. The van der Waals surface area contributed by atoms with Crippen molar-refractivity contribution in [3.63, 3.8) is 0 Å². The first-order chi connectivity index (χ1) is 8.97. The lowest BCUT2D eigenvalue weighted by molar-refractivity contribution is -0.137. The zero-order valence-corrected chi connectivity index (χ0v) is 11.8. The number of hydrogen-bond donors (Lipinski definition) is 3. The van der Waals surface area contributed by atoms with E-state index in [4.69, 9.17) is 14.6 Å². The summed E-state index contributed by atoms with van der Waals surface area (Å²) in [7, 11) is 1.59. The number of methoxy groups -OCH3 is 1. The van der Waals surface area contributed by atoms with Gasteiger partial charge in [0, 0.05) is 19.7 Å². The van der Waals surface area contributed by atoms with E-state index >= 15 is 0 Å². The Hall–Kier alpha value is -1.34. The summed E-state index contributed by atoms with van der Waals surface area (Å²) in [6.45, 7) is 5.48. The Balaban J connectivity index is 3.78. The van der Waals surface area contributed by atoms with Gasteiger partial charge in [-0.2, -0.15) is 0 Å². The van der Waals surface area contributed by atoms with E-state index in [0.29, 0.717) is 26.4 Å². The Morgan fingerprint density at radius 2 is 1.89 bits per heavy atom. The number of hydrogen-bond acceptors (Lipinski definition) is 4. The summed E-state index contributed by atoms with van der Waals surface area (Å²) in [6, 6.07) is -0.762. The maximum Gasteiger partial charge on any atom is 0.315 e. The summed E-state index contributed by atoms with van der Waals surface area (Å²) in [5.74, 6) is -0.873. The number of rotatable bonds is 10. The van der Waals surface area contributed by atoms with Gasteiger partial charge in [-0.1, -0.05) is 13.8 Å². The number of aliphatic carboxylic acids is 1. The molecule has 0 aromatic rings. The fourth-order valence-electron chi connectivity index (χ4n) is 1.34. The summed E-state index contributed by atoms with van der Waals surface area (Å²) in [5, 5.41) is 14.0. The van der Waals surface area contributed by atoms with Crippen LogP contribution in [0.3, 0.4) is 0 Å². The molecule has 19 heavy (non-hydrogen) atoms. The van der Waals surface area contributed by atoms with Crippen LogP contribution in [0, 0.1) is 5.92 Å². The molecule has 112 valence electrons. The highest BCUT2D eigenvalue weighted by Gasteiger charge is 2.18. The SMILES string of the molecule is COCCOCCNC(=O)NC(CC(=O)O)C(C)C. The van der Waals surface area contributed by atoms with Crippen LogP contribution in [-0.2, 0) is 14.3 Å². The molecule has 0 saturated heterocycles. The first-order valence-corrected chi connectivity index (χ1v) is 6.30. The van der Waals surface area contributed by atoms with E-state index in [2.05, 4.69) is 10.6 Å². The van der Waals surface area contributed by atoms with Crippen molar-refractivity contribution in [3.8, 4) is 0 Å². The van der Waals surface area contributed by atoms with E-state index in [1.807, 2.05) is 13.8 Å². The van der Waals surface area contributed by atoms with Crippen LogP contribution in [0.4, 0.5) is 4.79 Å². The van der Waals surface area contributed by atoms with Crippen LogP contribution in [0.25, 0.3) is 0 Å². The van der Waals surface area contributed by atoms with Crippen molar-refractivity contribution in [2.24, 2.45) is 5.92 Å². The molecule has 0 saturated carbocycles. The van der Waals surface area contributed by atoms with Gasteiger partial charge in [-0.3, -0.25) is 4.79 Å². The van der Waals surface area contributed by atoms with Gasteiger partial charge in [0.05, 0.1) is 26.2 Å². The minimum absolute atomic E-state index is 0.0554. The van der Waals surface area contributed by atoms with Crippen molar-refractivity contribution in [2.45, 2.75) is 26.3 Å². The van der Waals surface area contributed by atoms with E-state index in [-0.39, 0.29) is 24.4 Å². The molecule has 0 aliphatic carbocycles. The predicted molar refractivity (Wildman–Crippen MR) is 70.1 cm³/mol. The minimum atomic E-state index is -0.929. The van der Waals surface area contributed by atoms with Crippen LogP contribution < -0.4 is 10.6 Å². The minimum Gasteiger partial charge on any atom is -0.481 e. The lowest BCUT2D eigenvalue weighted by Crippen LogP contribution is -2.46. The van der Waals surface area contributed by atoms with Crippen molar-refractivity contribution in [1.29, 1.82) is 0 Å². The number of ether oxygens (including phenoxy) is 2. The van der Waals surface area contributed by atoms with E-state index in [1.54, 1.807) is 7.11 Å². The second-order valence-electron chi connectivity index (χ2n) is 4.45. The highest BCUT2D eigenvalue weighted by atomic mass is 16.5. The molecule has 0 fully saturated rings. The average molecular weight is 276 g/mol. The lowest BCUT2D eigenvalue weighted by Gasteiger charge is -2.20. The summed E-state index contributed by atoms with van der Waals surface area (Å²) >= 11 is 0. The zero-order chi connectivity index (χ0) is 14.7. The molecule has 0 bridgehead atoms. The molecule has 0 aliphatic rings. The fourth-order valence-corrected chi connectivity index (χ4v) is 1.34. The van der Waals surface area contributed by atoms with Crippen molar-refractivity contribution in [3.05, 3.63) is 0 Å². The van der Waals surface area contributed by atoms with Crippen LogP contribution in [-0.4, -0.2) is 56.6 Å². The van der Waals surface area contributed by atoms with Crippen molar-refractivity contribution in [1.82, 2.24) is 10.6 Å². The maximum atomic E-state index is 11.5.